The lowest BCUT2D eigenvalue weighted by Gasteiger charge is -2.25. The van der Waals surface area contributed by atoms with Crippen LogP contribution in [0.4, 0.5) is 8.78 Å². The summed E-state index contributed by atoms with van der Waals surface area (Å²) in [5.41, 5.74) is 0. The fourth-order valence-electron chi connectivity index (χ4n) is 2.26. The molecular formula is C18H18Br2F2N2O2. The van der Waals surface area contributed by atoms with Crippen LogP contribution in [-0.4, -0.2) is 22.2 Å². The van der Waals surface area contributed by atoms with Gasteiger partial charge in [0.1, 0.15) is 12.2 Å². The molecule has 2 aromatic heterocycles. The Hall–Kier alpha value is -1.28. The van der Waals surface area contributed by atoms with E-state index in [1.165, 1.54) is 18.9 Å². The Morgan fingerprint density at radius 1 is 0.808 bits per heavy atom. The van der Waals surface area contributed by atoms with Crippen molar-refractivity contribution < 1.29 is 18.3 Å². The summed E-state index contributed by atoms with van der Waals surface area (Å²) in [4.78, 5) is 7.32. The molecule has 0 atom stereocenters. The summed E-state index contributed by atoms with van der Waals surface area (Å²) in [5, 5.41) is 0. The van der Waals surface area contributed by atoms with Crippen LogP contribution in [0.25, 0.3) is 0 Å². The van der Waals surface area contributed by atoms with E-state index in [1.54, 1.807) is 18.2 Å². The van der Waals surface area contributed by atoms with E-state index in [-0.39, 0.29) is 12.2 Å². The van der Waals surface area contributed by atoms with E-state index in [2.05, 4.69) is 41.8 Å². The van der Waals surface area contributed by atoms with Crippen LogP contribution in [0.3, 0.4) is 0 Å². The van der Waals surface area contributed by atoms with Gasteiger partial charge in [0.25, 0.3) is 0 Å². The fraction of sp³-hybridized carbons (Fsp3) is 0.444. The second-order valence-corrected chi connectivity index (χ2v) is 7.89. The molecule has 0 aliphatic heterocycles. The maximum Gasteiger partial charge on any atom is 0.230 e. The minimum atomic E-state index is -0.517. The quantitative estimate of drug-likeness (QED) is 0.505. The SMILES string of the molecule is Fc1ccc(Br)c(OC2CCC2)n1.Fc1nc(OC2CCC2)ccc1Br. The Morgan fingerprint density at radius 2 is 1.42 bits per heavy atom. The Morgan fingerprint density at radius 3 is 2.00 bits per heavy atom. The summed E-state index contributed by atoms with van der Waals surface area (Å²) < 4.78 is 37.6. The summed E-state index contributed by atoms with van der Waals surface area (Å²) in [6.07, 6.45) is 7.06. The molecule has 2 aromatic rings. The smallest absolute Gasteiger partial charge is 0.230 e. The lowest BCUT2D eigenvalue weighted by Crippen LogP contribution is -2.25. The van der Waals surface area contributed by atoms with E-state index >= 15 is 0 Å². The van der Waals surface area contributed by atoms with Crippen LogP contribution in [0, 0.1) is 11.9 Å². The molecular weight excluding hydrogens is 474 g/mol. The van der Waals surface area contributed by atoms with E-state index in [0.717, 1.165) is 25.7 Å². The highest BCUT2D eigenvalue weighted by atomic mass is 79.9. The number of rotatable bonds is 4. The lowest BCUT2D eigenvalue weighted by atomic mass is 9.96. The summed E-state index contributed by atoms with van der Waals surface area (Å²) in [6, 6.07) is 6.19. The Labute approximate surface area is 167 Å². The maximum absolute atomic E-state index is 12.9. The van der Waals surface area contributed by atoms with Crippen molar-refractivity contribution in [2.24, 2.45) is 0 Å². The predicted octanol–water partition coefficient (Wildman–Crippen LogP) is 5.83. The number of nitrogens with zero attached hydrogens (tertiary/aromatic N) is 2. The predicted molar refractivity (Wildman–Crippen MR) is 100 cm³/mol. The Kier molecular flexibility index (Phi) is 6.80. The molecule has 2 heterocycles. The van der Waals surface area contributed by atoms with Crippen molar-refractivity contribution in [3.8, 4) is 11.8 Å². The number of hydrogen-bond acceptors (Lipinski definition) is 4. The first-order chi connectivity index (χ1) is 12.5. The summed E-state index contributed by atoms with van der Waals surface area (Å²) in [5.74, 6) is -0.274. The molecule has 2 aliphatic carbocycles. The van der Waals surface area contributed by atoms with Crippen molar-refractivity contribution in [1.29, 1.82) is 0 Å². The number of halogens is 4. The molecule has 0 amide bonds. The van der Waals surface area contributed by atoms with Gasteiger partial charge in [-0.2, -0.15) is 18.7 Å². The highest BCUT2D eigenvalue weighted by Crippen LogP contribution is 2.29. The molecule has 0 unspecified atom stereocenters. The van der Waals surface area contributed by atoms with Crippen LogP contribution in [0.2, 0.25) is 0 Å². The van der Waals surface area contributed by atoms with E-state index < -0.39 is 11.9 Å². The van der Waals surface area contributed by atoms with E-state index in [4.69, 9.17) is 9.47 Å². The summed E-state index contributed by atoms with van der Waals surface area (Å²) in [7, 11) is 0. The molecule has 2 fully saturated rings. The molecule has 0 aromatic carbocycles. The monoisotopic (exact) mass is 490 g/mol. The lowest BCUT2D eigenvalue weighted by molar-refractivity contribution is 0.112. The van der Waals surface area contributed by atoms with Gasteiger partial charge in [-0.05, 0) is 88.6 Å². The van der Waals surface area contributed by atoms with Crippen LogP contribution in [0.5, 0.6) is 11.8 Å². The molecule has 0 saturated heterocycles. The Balaban J connectivity index is 0.000000151. The average molecular weight is 492 g/mol. The van der Waals surface area contributed by atoms with Gasteiger partial charge in [0, 0.05) is 6.07 Å². The number of pyridine rings is 2. The molecule has 4 rings (SSSR count). The van der Waals surface area contributed by atoms with Gasteiger partial charge >= 0.3 is 0 Å². The first kappa shape index (κ1) is 19.5. The average Bonchev–Trinajstić information content (AvgIpc) is 2.54. The van der Waals surface area contributed by atoms with Crippen molar-refractivity contribution >= 4 is 31.9 Å². The first-order valence-corrected chi connectivity index (χ1v) is 10.1. The van der Waals surface area contributed by atoms with Gasteiger partial charge in [-0.3, -0.25) is 0 Å². The minimum Gasteiger partial charge on any atom is -0.474 e. The van der Waals surface area contributed by atoms with E-state index in [9.17, 15) is 8.78 Å². The van der Waals surface area contributed by atoms with Crippen molar-refractivity contribution in [3.63, 3.8) is 0 Å². The highest BCUT2D eigenvalue weighted by molar-refractivity contribution is 9.10. The minimum absolute atomic E-state index is 0.227. The molecule has 2 saturated carbocycles. The molecule has 8 heteroatoms. The summed E-state index contributed by atoms with van der Waals surface area (Å²) in [6.45, 7) is 0. The molecule has 0 radical (unpaired) electrons. The molecule has 4 nitrogen and oxygen atoms in total. The van der Waals surface area contributed by atoms with Crippen LogP contribution >= 0.6 is 31.9 Å². The third-order valence-corrected chi connectivity index (χ3v) is 5.42. The van der Waals surface area contributed by atoms with Gasteiger partial charge in [-0.1, -0.05) is 0 Å². The largest absolute Gasteiger partial charge is 0.474 e. The maximum atomic E-state index is 12.9. The van der Waals surface area contributed by atoms with Crippen LogP contribution < -0.4 is 9.47 Å². The molecule has 0 spiro atoms. The van der Waals surface area contributed by atoms with E-state index in [1.807, 2.05) is 0 Å². The topological polar surface area (TPSA) is 44.2 Å². The van der Waals surface area contributed by atoms with Gasteiger partial charge in [0.2, 0.25) is 23.7 Å². The van der Waals surface area contributed by atoms with Gasteiger partial charge in [0.05, 0.1) is 8.95 Å². The van der Waals surface area contributed by atoms with Gasteiger partial charge < -0.3 is 9.47 Å². The van der Waals surface area contributed by atoms with Gasteiger partial charge in [-0.25, -0.2) is 0 Å². The third kappa shape index (κ3) is 5.36. The van der Waals surface area contributed by atoms with Crippen LogP contribution in [0.1, 0.15) is 38.5 Å². The first-order valence-electron chi connectivity index (χ1n) is 8.48. The van der Waals surface area contributed by atoms with Crippen molar-refractivity contribution in [2.75, 3.05) is 0 Å². The standard InChI is InChI=1S/2C9H9BrFNO/c10-7-4-5-8(12-9(7)11)13-6-2-1-3-6;10-7-4-5-8(11)12-9(7)13-6-2-1-3-6/h2*4-6H,1-3H2. The zero-order valence-electron chi connectivity index (χ0n) is 13.9. The highest BCUT2D eigenvalue weighted by Gasteiger charge is 2.21. The van der Waals surface area contributed by atoms with Crippen LogP contribution in [0.15, 0.2) is 33.2 Å². The zero-order valence-corrected chi connectivity index (χ0v) is 17.1. The molecule has 0 N–H and O–H groups in total. The van der Waals surface area contributed by atoms with Crippen molar-refractivity contribution in [3.05, 3.63) is 45.1 Å². The fourth-order valence-corrected chi connectivity index (χ4v) is 2.79. The number of ether oxygens (including phenoxy) is 2. The summed E-state index contributed by atoms with van der Waals surface area (Å²) >= 11 is 6.29. The second kappa shape index (κ2) is 9.08. The van der Waals surface area contributed by atoms with E-state index in [0.29, 0.717) is 20.7 Å². The number of aromatic nitrogens is 2. The second-order valence-electron chi connectivity index (χ2n) is 6.18. The zero-order chi connectivity index (χ0) is 18.5. The molecule has 0 bridgehead atoms. The van der Waals surface area contributed by atoms with Crippen molar-refractivity contribution in [2.45, 2.75) is 50.7 Å². The Bertz CT molecular complexity index is 756. The van der Waals surface area contributed by atoms with Crippen LogP contribution in [-0.2, 0) is 0 Å². The molecule has 2 aliphatic rings. The molecule has 26 heavy (non-hydrogen) atoms. The number of hydrogen-bond donors (Lipinski definition) is 0. The van der Waals surface area contributed by atoms with Gasteiger partial charge in [-0.15, -0.1) is 0 Å². The molecule has 140 valence electrons. The third-order valence-electron chi connectivity index (χ3n) is 4.23. The van der Waals surface area contributed by atoms with Crippen molar-refractivity contribution in [1.82, 2.24) is 9.97 Å². The normalized spacial score (nSPS) is 16.8. The van der Waals surface area contributed by atoms with Gasteiger partial charge in [0.15, 0.2) is 0 Å².